The first-order valence-corrected chi connectivity index (χ1v) is 14.7. The zero-order chi connectivity index (χ0) is 28.3. The van der Waals surface area contributed by atoms with Crippen LogP contribution >= 0.6 is 39.0 Å². The Balaban J connectivity index is 1.70. The molecule has 0 unspecified atom stereocenters. The number of carbonyl (C=O) groups excluding carboxylic acids is 1. The standard InChI is InChI=1S/C27H25BrF3N3O3S2/c1-4-6-21-15(3)23-24(39-21)33-26(34(25(23)36)17-8-10-18(11-9-17)37-5-2)38-14-22(35)32-20-12-7-16(28)13-19(20)27(29,30)31/h7-13H,4-6,14H2,1-3H3,(H,32,35). The molecule has 0 radical (unpaired) electrons. The lowest BCUT2D eigenvalue weighted by Crippen LogP contribution is -2.23. The molecule has 2 aromatic heterocycles. The van der Waals surface area contributed by atoms with Gasteiger partial charge in [0.05, 0.1) is 34.7 Å². The number of halogens is 4. The molecule has 1 amide bonds. The molecule has 206 valence electrons. The van der Waals surface area contributed by atoms with Crippen LogP contribution in [0.3, 0.4) is 0 Å². The van der Waals surface area contributed by atoms with Crippen molar-refractivity contribution in [3.8, 4) is 11.4 Å². The Kier molecular flexibility index (Phi) is 9.07. The SMILES string of the molecule is CCCc1sc2nc(SCC(=O)Nc3ccc(Br)cc3C(F)(F)F)n(-c3ccc(OCC)cc3)c(=O)c2c1C. The Morgan fingerprint density at radius 1 is 1.18 bits per heavy atom. The van der Waals surface area contributed by atoms with E-state index in [0.717, 1.165) is 41.1 Å². The maximum atomic E-state index is 13.8. The zero-order valence-electron chi connectivity index (χ0n) is 21.3. The van der Waals surface area contributed by atoms with Gasteiger partial charge in [-0.2, -0.15) is 13.2 Å². The number of rotatable bonds is 9. The van der Waals surface area contributed by atoms with Gasteiger partial charge in [0, 0.05) is 9.35 Å². The molecule has 4 aromatic rings. The monoisotopic (exact) mass is 639 g/mol. The van der Waals surface area contributed by atoms with Gasteiger partial charge in [-0.05, 0) is 68.3 Å². The van der Waals surface area contributed by atoms with Crippen LogP contribution in [0.25, 0.3) is 15.9 Å². The van der Waals surface area contributed by atoms with Crippen LogP contribution in [0.2, 0.25) is 0 Å². The van der Waals surface area contributed by atoms with Crippen molar-refractivity contribution in [2.45, 2.75) is 44.9 Å². The van der Waals surface area contributed by atoms with Crippen LogP contribution < -0.4 is 15.6 Å². The van der Waals surface area contributed by atoms with E-state index < -0.39 is 17.6 Å². The number of thiophene rings is 1. The number of hydrogen-bond donors (Lipinski definition) is 1. The van der Waals surface area contributed by atoms with Gasteiger partial charge in [-0.1, -0.05) is 41.0 Å². The van der Waals surface area contributed by atoms with E-state index in [9.17, 15) is 22.8 Å². The molecule has 0 saturated carbocycles. The maximum Gasteiger partial charge on any atom is 0.418 e. The Labute approximate surface area is 239 Å². The second-order valence-electron chi connectivity index (χ2n) is 8.57. The molecule has 0 atom stereocenters. The predicted molar refractivity (Wildman–Crippen MR) is 154 cm³/mol. The van der Waals surface area contributed by atoms with Crippen molar-refractivity contribution >= 4 is 60.8 Å². The Bertz CT molecular complexity index is 1570. The average Bonchev–Trinajstić information content (AvgIpc) is 3.19. The molecule has 0 aliphatic carbocycles. The highest BCUT2D eigenvalue weighted by Gasteiger charge is 2.34. The van der Waals surface area contributed by atoms with Crippen molar-refractivity contribution in [2.75, 3.05) is 17.7 Å². The summed E-state index contributed by atoms with van der Waals surface area (Å²) < 4.78 is 47.7. The lowest BCUT2D eigenvalue weighted by molar-refractivity contribution is -0.137. The third kappa shape index (κ3) is 6.50. The summed E-state index contributed by atoms with van der Waals surface area (Å²) in [5, 5.41) is 3.14. The third-order valence-electron chi connectivity index (χ3n) is 5.81. The lowest BCUT2D eigenvalue weighted by Gasteiger charge is -2.15. The number of anilines is 1. The van der Waals surface area contributed by atoms with E-state index in [1.807, 2.05) is 13.8 Å². The number of thioether (sulfide) groups is 1. The van der Waals surface area contributed by atoms with Gasteiger partial charge in [0.15, 0.2) is 5.16 Å². The number of hydrogen-bond acceptors (Lipinski definition) is 6. The molecule has 1 N–H and O–H groups in total. The van der Waals surface area contributed by atoms with Crippen molar-refractivity contribution in [3.05, 3.63) is 73.3 Å². The van der Waals surface area contributed by atoms with Crippen LogP contribution in [-0.2, 0) is 17.4 Å². The van der Waals surface area contributed by atoms with E-state index in [-0.39, 0.29) is 26.6 Å². The van der Waals surface area contributed by atoms with Crippen LogP contribution in [-0.4, -0.2) is 27.8 Å². The number of alkyl halides is 3. The topological polar surface area (TPSA) is 73.2 Å². The van der Waals surface area contributed by atoms with E-state index in [2.05, 4.69) is 28.2 Å². The van der Waals surface area contributed by atoms with Gasteiger partial charge in [-0.15, -0.1) is 11.3 Å². The molecular formula is C27H25BrF3N3O3S2. The summed E-state index contributed by atoms with van der Waals surface area (Å²) in [5.41, 5.74) is -0.148. The van der Waals surface area contributed by atoms with Crippen molar-refractivity contribution in [1.82, 2.24) is 9.55 Å². The molecule has 0 spiro atoms. The molecule has 0 aliphatic rings. The maximum absolute atomic E-state index is 13.8. The van der Waals surface area contributed by atoms with Crippen molar-refractivity contribution in [1.29, 1.82) is 0 Å². The number of benzene rings is 2. The van der Waals surface area contributed by atoms with Crippen LogP contribution in [0.5, 0.6) is 5.75 Å². The van der Waals surface area contributed by atoms with Crippen LogP contribution in [0.1, 0.15) is 36.3 Å². The highest BCUT2D eigenvalue weighted by Crippen LogP contribution is 2.37. The molecule has 39 heavy (non-hydrogen) atoms. The number of carbonyl (C=O) groups is 1. The zero-order valence-corrected chi connectivity index (χ0v) is 24.5. The molecule has 0 saturated heterocycles. The Morgan fingerprint density at radius 3 is 2.54 bits per heavy atom. The van der Waals surface area contributed by atoms with Crippen molar-refractivity contribution in [3.63, 3.8) is 0 Å². The van der Waals surface area contributed by atoms with E-state index in [0.29, 0.717) is 28.3 Å². The fourth-order valence-corrected chi connectivity index (χ4v) is 6.53. The van der Waals surface area contributed by atoms with Crippen molar-refractivity contribution in [2.24, 2.45) is 0 Å². The molecule has 4 rings (SSSR count). The Hall–Kier alpha value is -2.83. The summed E-state index contributed by atoms with van der Waals surface area (Å²) in [5.74, 6) is -0.271. The first-order chi connectivity index (χ1) is 18.5. The minimum atomic E-state index is -4.65. The van der Waals surface area contributed by atoms with Crippen molar-refractivity contribution < 1.29 is 22.7 Å². The summed E-state index contributed by atoms with van der Waals surface area (Å²) in [7, 11) is 0. The summed E-state index contributed by atoms with van der Waals surface area (Å²) in [6.07, 6.45) is -2.92. The smallest absolute Gasteiger partial charge is 0.418 e. The summed E-state index contributed by atoms with van der Waals surface area (Å²) in [6, 6.07) is 10.5. The fraction of sp³-hybridized carbons (Fsp3) is 0.296. The predicted octanol–water partition coefficient (Wildman–Crippen LogP) is 7.62. The van der Waals surface area contributed by atoms with Crippen LogP contribution in [0, 0.1) is 6.92 Å². The van der Waals surface area contributed by atoms with Gasteiger partial charge in [-0.3, -0.25) is 14.2 Å². The van der Waals surface area contributed by atoms with Gasteiger partial charge in [0.1, 0.15) is 10.6 Å². The van der Waals surface area contributed by atoms with E-state index in [1.54, 1.807) is 24.3 Å². The first kappa shape index (κ1) is 29.2. The lowest BCUT2D eigenvalue weighted by atomic mass is 10.1. The fourth-order valence-electron chi connectivity index (χ4n) is 4.03. The van der Waals surface area contributed by atoms with Gasteiger partial charge in [0.25, 0.3) is 5.56 Å². The highest BCUT2D eigenvalue weighted by molar-refractivity contribution is 9.10. The molecule has 0 aliphatic heterocycles. The largest absolute Gasteiger partial charge is 0.494 e. The van der Waals surface area contributed by atoms with E-state index in [4.69, 9.17) is 9.72 Å². The molecule has 12 heteroatoms. The van der Waals surface area contributed by atoms with E-state index in [1.165, 1.54) is 28.0 Å². The highest BCUT2D eigenvalue weighted by atomic mass is 79.9. The van der Waals surface area contributed by atoms with Crippen LogP contribution in [0.4, 0.5) is 18.9 Å². The number of nitrogens with zero attached hydrogens (tertiary/aromatic N) is 2. The van der Waals surface area contributed by atoms with Crippen LogP contribution in [0.15, 0.2) is 56.9 Å². The Morgan fingerprint density at radius 2 is 1.90 bits per heavy atom. The summed E-state index contributed by atoms with van der Waals surface area (Å²) in [4.78, 5) is 32.9. The van der Waals surface area contributed by atoms with Gasteiger partial charge >= 0.3 is 6.18 Å². The minimum absolute atomic E-state index is 0.243. The number of aromatic nitrogens is 2. The summed E-state index contributed by atoms with van der Waals surface area (Å²) in [6.45, 7) is 6.33. The second-order valence-corrected chi connectivity index (χ2v) is 11.5. The minimum Gasteiger partial charge on any atom is -0.494 e. The second kappa shape index (κ2) is 12.1. The van der Waals surface area contributed by atoms with Gasteiger partial charge in [0.2, 0.25) is 5.91 Å². The number of amides is 1. The quantitative estimate of drug-likeness (QED) is 0.151. The normalized spacial score (nSPS) is 11.7. The number of aryl methyl sites for hydroxylation is 2. The van der Waals surface area contributed by atoms with E-state index >= 15 is 0 Å². The first-order valence-electron chi connectivity index (χ1n) is 12.1. The molecule has 0 fully saturated rings. The summed E-state index contributed by atoms with van der Waals surface area (Å²) >= 11 is 5.47. The number of nitrogens with one attached hydrogen (secondary N) is 1. The average molecular weight is 641 g/mol. The van der Waals surface area contributed by atoms with Gasteiger partial charge in [-0.25, -0.2) is 4.98 Å². The van der Waals surface area contributed by atoms with Gasteiger partial charge < -0.3 is 10.1 Å². The number of fused-ring (bicyclic) bond motifs is 1. The molecule has 6 nitrogen and oxygen atoms in total. The third-order valence-corrected chi connectivity index (χ3v) is 8.49. The molecule has 2 aromatic carbocycles. The molecular weight excluding hydrogens is 615 g/mol. The number of ether oxygens (including phenoxy) is 1. The molecule has 2 heterocycles. The molecule has 0 bridgehead atoms.